The van der Waals surface area contributed by atoms with Crippen molar-refractivity contribution in [3.63, 3.8) is 0 Å². The lowest BCUT2D eigenvalue weighted by molar-refractivity contribution is -0.162. The van der Waals surface area contributed by atoms with Gasteiger partial charge in [-0.15, -0.1) is 0 Å². The van der Waals surface area contributed by atoms with Crippen molar-refractivity contribution < 1.29 is 28.3 Å². The second kappa shape index (κ2) is 9.34. The van der Waals surface area contributed by atoms with E-state index < -0.39 is 25.3 Å². The molecule has 2 aromatic rings. The molecule has 0 aromatic heterocycles. The number of ketones is 1. The maximum Gasteiger partial charge on any atom is 0.405 e. The van der Waals surface area contributed by atoms with Gasteiger partial charge >= 0.3 is 11.4 Å². The Bertz CT molecular complexity index is 1490. The number of halogens is 1. The van der Waals surface area contributed by atoms with Gasteiger partial charge in [-0.05, 0) is 94.7 Å². The summed E-state index contributed by atoms with van der Waals surface area (Å²) in [5.74, 6) is -0.302. The fourth-order valence-electron chi connectivity index (χ4n) is 5.91. The molecule has 206 valence electrons. The number of benzene rings is 2. The number of carbonyl (C=O) groups is 3. The lowest BCUT2D eigenvalue weighted by Gasteiger charge is -2.38. The van der Waals surface area contributed by atoms with E-state index in [0.29, 0.717) is 17.6 Å². The topological polar surface area (TPSA) is 78.9 Å². The molecule has 0 fully saturated rings. The molecular formula is C31H35ClO6Si. The summed E-state index contributed by atoms with van der Waals surface area (Å²) in [5, 5.41) is 2.28. The minimum absolute atomic E-state index is 0.0821. The van der Waals surface area contributed by atoms with E-state index in [0.717, 1.165) is 39.6 Å². The van der Waals surface area contributed by atoms with Gasteiger partial charge in [-0.1, -0.05) is 40.7 Å². The first-order valence-corrected chi connectivity index (χ1v) is 16.9. The van der Waals surface area contributed by atoms with Crippen LogP contribution in [0.1, 0.15) is 57.7 Å². The van der Waals surface area contributed by atoms with Crippen molar-refractivity contribution in [3.8, 4) is 5.75 Å². The number of esters is 1. The summed E-state index contributed by atoms with van der Waals surface area (Å²) in [4.78, 5) is 38.5. The fourth-order valence-corrected chi connectivity index (χ4v) is 7.06. The predicted molar refractivity (Wildman–Crippen MR) is 155 cm³/mol. The first kappa shape index (κ1) is 27.7. The van der Waals surface area contributed by atoms with Crippen molar-refractivity contribution in [1.29, 1.82) is 0 Å². The van der Waals surface area contributed by atoms with Crippen LogP contribution in [0.4, 0.5) is 4.79 Å². The molecule has 8 heteroatoms. The number of aryl methyl sites for hydroxylation is 1. The fraction of sp³-hybridized carbons (Fsp3) is 0.452. The zero-order valence-electron chi connectivity index (χ0n) is 23.6. The van der Waals surface area contributed by atoms with Gasteiger partial charge in [-0.2, -0.15) is 0 Å². The standard InChI is InChI=1S/C31H35ClO6Si/c1-8-19-20-13-18(38-39(6,7)30(3,4)5)11-10-17(20)12-21-22(19)14-24-23(21)15-26-25(27(24)33)16-36-28(34)31(26,9-2)37-29(32)35/h10-13,15,24H,8-9,14,16H2,1-7H3. The van der Waals surface area contributed by atoms with Crippen molar-refractivity contribution >= 4 is 53.4 Å². The minimum atomic E-state index is -2.01. The van der Waals surface area contributed by atoms with E-state index >= 15 is 0 Å². The highest BCUT2D eigenvalue weighted by Crippen LogP contribution is 2.50. The molecule has 2 unspecified atom stereocenters. The highest BCUT2D eigenvalue weighted by Gasteiger charge is 2.53. The lowest BCUT2D eigenvalue weighted by Crippen LogP contribution is -2.50. The van der Waals surface area contributed by atoms with Crippen LogP contribution in [0.15, 0.2) is 41.5 Å². The van der Waals surface area contributed by atoms with Crippen molar-refractivity contribution in [2.24, 2.45) is 5.92 Å². The molecular weight excluding hydrogens is 532 g/mol. The van der Waals surface area contributed by atoms with E-state index in [4.69, 9.17) is 25.5 Å². The summed E-state index contributed by atoms with van der Waals surface area (Å²) < 4.78 is 17.3. The van der Waals surface area contributed by atoms with Gasteiger partial charge in [0.15, 0.2) is 5.78 Å². The van der Waals surface area contributed by atoms with E-state index in [2.05, 4.69) is 59.0 Å². The quantitative estimate of drug-likeness (QED) is 0.214. The molecule has 6 nitrogen and oxygen atoms in total. The number of hydrogen-bond acceptors (Lipinski definition) is 6. The SMILES string of the molecule is CCc1c2c(cc3ccc(O[Si](C)(C)C(C)(C)C)cc13)C1=CC3=C(COC(=O)C3(CC)OC(=O)Cl)C(=O)C1C2. The Balaban J connectivity index is 1.65. The Kier molecular flexibility index (Phi) is 6.62. The third-order valence-corrected chi connectivity index (χ3v) is 13.5. The molecule has 2 atom stereocenters. The summed E-state index contributed by atoms with van der Waals surface area (Å²) in [6.45, 7) is 14.9. The van der Waals surface area contributed by atoms with Gasteiger partial charge in [-0.25, -0.2) is 9.59 Å². The van der Waals surface area contributed by atoms with Gasteiger partial charge in [0.05, 0.1) is 5.92 Å². The first-order chi connectivity index (χ1) is 18.2. The summed E-state index contributed by atoms with van der Waals surface area (Å²) in [6.07, 6.45) is 3.35. The average molecular weight is 567 g/mol. The van der Waals surface area contributed by atoms with Crippen molar-refractivity contribution in [2.45, 2.75) is 77.6 Å². The van der Waals surface area contributed by atoms with E-state index in [1.165, 1.54) is 5.56 Å². The van der Waals surface area contributed by atoms with Crippen LogP contribution >= 0.6 is 11.6 Å². The summed E-state index contributed by atoms with van der Waals surface area (Å²) in [5.41, 5.74) is 2.11. The Labute approximate surface area is 235 Å². The van der Waals surface area contributed by atoms with E-state index in [1.807, 2.05) is 12.1 Å². The second-order valence-electron chi connectivity index (χ2n) is 12.2. The molecule has 3 aliphatic rings. The molecule has 39 heavy (non-hydrogen) atoms. The third-order valence-electron chi connectivity index (χ3n) is 9.07. The van der Waals surface area contributed by atoms with Crippen molar-refractivity contribution in [3.05, 3.63) is 58.2 Å². The number of rotatable bonds is 5. The van der Waals surface area contributed by atoms with Gasteiger partial charge in [0.2, 0.25) is 13.9 Å². The van der Waals surface area contributed by atoms with Crippen molar-refractivity contribution in [2.75, 3.05) is 6.61 Å². The molecule has 1 heterocycles. The monoisotopic (exact) mass is 566 g/mol. The average Bonchev–Trinajstić information content (AvgIpc) is 3.22. The van der Waals surface area contributed by atoms with E-state index in [-0.39, 0.29) is 29.8 Å². The lowest BCUT2D eigenvalue weighted by atomic mass is 9.75. The molecule has 2 aliphatic carbocycles. The second-order valence-corrected chi connectivity index (χ2v) is 17.2. The Morgan fingerprint density at radius 1 is 1.18 bits per heavy atom. The first-order valence-electron chi connectivity index (χ1n) is 13.6. The van der Waals surface area contributed by atoms with Crippen LogP contribution in [0.25, 0.3) is 16.3 Å². The van der Waals surface area contributed by atoms with Crippen LogP contribution in [0.5, 0.6) is 5.75 Å². The van der Waals surface area contributed by atoms with Crippen LogP contribution in [-0.2, 0) is 31.9 Å². The predicted octanol–water partition coefficient (Wildman–Crippen LogP) is 7.30. The van der Waals surface area contributed by atoms with Gasteiger partial charge in [0, 0.05) is 22.7 Å². The molecule has 1 aliphatic heterocycles. The molecule has 0 spiro atoms. The van der Waals surface area contributed by atoms with Crippen LogP contribution < -0.4 is 4.43 Å². The molecule has 0 saturated carbocycles. The Morgan fingerprint density at radius 2 is 1.90 bits per heavy atom. The highest BCUT2D eigenvalue weighted by atomic mass is 35.5. The number of cyclic esters (lactones) is 1. The summed E-state index contributed by atoms with van der Waals surface area (Å²) >= 11 is 5.58. The van der Waals surface area contributed by atoms with Gasteiger partial charge in [-0.3, -0.25) is 4.79 Å². The summed E-state index contributed by atoms with van der Waals surface area (Å²) in [7, 11) is -2.01. The van der Waals surface area contributed by atoms with Crippen LogP contribution in [-0.4, -0.2) is 37.7 Å². The third kappa shape index (κ3) is 4.25. The number of ether oxygens (including phenoxy) is 2. The maximum atomic E-state index is 13.8. The smallest absolute Gasteiger partial charge is 0.405 e. The zero-order chi connectivity index (χ0) is 28.5. The van der Waals surface area contributed by atoms with Crippen LogP contribution in [0, 0.1) is 5.92 Å². The highest BCUT2D eigenvalue weighted by molar-refractivity contribution is 6.74. The zero-order valence-corrected chi connectivity index (χ0v) is 25.4. The largest absolute Gasteiger partial charge is 0.543 e. The molecule has 0 bridgehead atoms. The number of hydrogen-bond donors (Lipinski definition) is 0. The minimum Gasteiger partial charge on any atom is -0.543 e. The summed E-state index contributed by atoms with van der Waals surface area (Å²) in [6, 6.07) is 8.39. The normalized spacial score (nSPS) is 22.7. The van der Waals surface area contributed by atoms with Gasteiger partial charge < -0.3 is 13.9 Å². The maximum absolute atomic E-state index is 13.8. The number of fused-ring (bicyclic) bond motifs is 4. The number of carbonyl (C=O) groups excluding carboxylic acids is 3. The van der Waals surface area contributed by atoms with Crippen LogP contribution in [0.2, 0.25) is 18.1 Å². The number of allylic oxidation sites excluding steroid dienone is 1. The molecule has 0 radical (unpaired) electrons. The van der Waals surface area contributed by atoms with E-state index in [1.54, 1.807) is 6.92 Å². The molecule has 0 saturated heterocycles. The molecule has 0 N–H and O–H groups in total. The molecule has 2 aromatic carbocycles. The number of Topliss-reactive ketones (excluding diaryl/α,β-unsaturated/α-hetero) is 1. The molecule has 0 amide bonds. The van der Waals surface area contributed by atoms with E-state index in [9.17, 15) is 14.4 Å². The van der Waals surface area contributed by atoms with Gasteiger partial charge in [0.1, 0.15) is 12.4 Å². The Morgan fingerprint density at radius 3 is 2.51 bits per heavy atom. The van der Waals surface area contributed by atoms with Gasteiger partial charge in [0.25, 0.3) is 0 Å². The molecule has 5 rings (SSSR count). The van der Waals surface area contributed by atoms with Crippen LogP contribution in [0.3, 0.4) is 0 Å². The van der Waals surface area contributed by atoms with Crippen molar-refractivity contribution in [1.82, 2.24) is 0 Å². The Hall–Kier alpha value is -2.90.